The maximum absolute atomic E-state index is 11.8. The van der Waals surface area contributed by atoms with Crippen molar-refractivity contribution in [3.05, 3.63) is 0 Å². The monoisotopic (exact) mass is 291 g/mol. The predicted molar refractivity (Wildman–Crippen MR) is 75.3 cm³/mol. The molecule has 6 nitrogen and oxygen atoms in total. The molecule has 1 fully saturated rings. The lowest BCUT2D eigenvalue weighted by Crippen LogP contribution is -2.49. The van der Waals surface area contributed by atoms with Crippen molar-refractivity contribution in [2.24, 2.45) is 5.41 Å². The van der Waals surface area contributed by atoms with E-state index in [2.05, 4.69) is 10.0 Å². The number of carbonyl (C=O) groups is 1. The molecule has 0 bridgehead atoms. The smallest absolute Gasteiger partial charge is 0.237 e. The fraction of sp³-hybridized carbons (Fsp3) is 0.917. The first-order valence-corrected chi connectivity index (χ1v) is 8.31. The number of hydrogen-bond donors (Lipinski definition) is 2. The standard InChI is InChI=1S/C12H25N3O3S/c1-12(2,3)4-9-19(17,18)14-10-11(16)15-7-5-13-6-8-15/h13-14H,4-10H2,1-3H3. The first-order chi connectivity index (χ1) is 8.70. The van der Waals surface area contributed by atoms with Crippen LogP contribution in [0.15, 0.2) is 0 Å². The Kier molecular flexibility index (Phi) is 5.76. The summed E-state index contributed by atoms with van der Waals surface area (Å²) in [5, 5.41) is 3.15. The van der Waals surface area contributed by atoms with E-state index in [1.807, 2.05) is 20.8 Å². The molecule has 0 saturated carbocycles. The van der Waals surface area contributed by atoms with E-state index in [1.165, 1.54) is 0 Å². The number of hydrogen-bond acceptors (Lipinski definition) is 4. The number of nitrogens with zero attached hydrogens (tertiary/aromatic N) is 1. The van der Waals surface area contributed by atoms with E-state index in [0.717, 1.165) is 13.1 Å². The zero-order valence-electron chi connectivity index (χ0n) is 12.0. The zero-order valence-corrected chi connectivity index (χ0v) is 12.8. The Hall–Kier alpha value is -0.660. The van der Waals surface area contributed by atoms with Gasteiger partial charge in [0.05, 0.1) is 12.3 Å². The fourth-order valence-electron chi connectivity index (χ4n) is 1.71. The molecule has 1 aliphatic rings. The van der Waals surface area contributed by atoms with Crippen LogP contribution in [0.2, 0.25) is 0 Å². The van der Waals surface area contributed by atoms with E-state index < -0.39 is 10.0 Å². The topological polar surface area (TPSA) is 78.5 Å². The van der Waals surface area contributed by atoms with Crippen molar-refractivity contribution in [3.63, 3.8) is 0 Å². The average molecular weight is 291 g/mol. The van der Waals surface area contributed by atoms with Gasteiger partial charge < -0.3 is 10.2 Å². The molecule has 0 radical (unpaired) electrons. The number of piperazine rings is 1. The Morgan fingerprint density at radius 1 is 1.26 bits per heavy atom. The summed E-state index contributed by atoms with van der Waals surface area (Å²) in [7, 11) is -3.36. The number of amides is 1. The van der Waals surface area contributed by atoms with Crippen LogP contribution in [-0.2, 0) is 14.8 Å². The zero-order chi connectivity index (χ0) is 14.5. The van der Waals surface area contributed by atoms with E-state index in [-0.39, 0.29) is 23.6 Å². The molecule has 19 heavy (non-hydrogen) atoms. The molecule has 1 aliphatic heterocycles. The molecule has 0 atom stereocenters. The first-order valence-electron chi connectivity index (χ1n) is 6.65. The van der Waals surface area contributed by atoms with Crippen LogP contribution in [-0.4, -0.2) is 57.7 Å². The molecule has 1 rings (SSSR count). The average Bonchev–Trinajstić information content (AvgIpc) is 2.34. The first kappa shape index (κ1) is 16.4. The summed E-state index contributed by atoms with van der Waals surface area (Å²) in [4.78, 5) is 13.5. The molecular formula is C12H25N3O3S. The minimum Gasteiger partial charge on any atom is -0.339 e. The number of rotatable bonds is 5. The van der Waals surface area contributed by atoms with Gasteiger partial charge in [-0.1, -0.05) is 20.8 Å². The molecule has 0 unspecified atom stereocenters. The van der Waals surface area contributed by atoms with Gasteiger partial charge in [0.25, 0.3) is 0 Å². The third kappa shape index (κ3) is 6.89. The molecule has 1 heterocycles. The van der Waals surface area contributed by atoms with Gasteiger partial charge in [-0.2, -0.15) is 0 Å². The van der Waals surface area contributed by atoms with E-state index in [9.17, 15) is 13.2 Å². The summed E-state index contributed by atoms with van der Waals surface area (Å²) < 4.78 is 25.9. The van der Waals surface area contributed by atoms with Crippen molar-refractivity contribution in [3.8, 4) is 0 Å². The Morgan fingerprint density at radius 3 is 2.37 bits per heavy atom. The third-order valence-electron chi connectivity index (χ3n) is 3.03. The molecule has 0 spiro atoms. The lowest BCUT2D eigenvalue weighted by molar-refractivity contribution is -0.130. The van der Waals surface area contributed by atoms with Crippen LogP contribution in [0.25, 0.3) is 0 Å². The van der Waals surface area contributed by atoms with Gasteiger partial charge in [-0.25, -0.2) is 13.1 Å². The lowest BCUT2D eigenvalue weighted by Gasteiger charge is -2.27. The molecule has 1 saturated heterocycles. The Labute approximate surface area is 116 Å². The second kappa shape index (κ2) is 6.67. The Bertz CT molecular complexity index is 395. The summed E-state index contributed by atoms with van der Waals surface area (Å²) in [6, 6.07) is 0. The molecule has 7 heteroatoms. The maximum atomic E-state index is 11.8. The van der Waals surface area contributed by atoms with Crippen molar-refractivity contribution in [1.29, 1.82) is 0 Å². The van der Waals surface area contributed by atoms with Crippen LogP contribution in [0, 0.1) is 5.41 Å². The van der Waals surface area contributed by atoms with E-state index >= 15 is 0 Å². The second-order valence-electron chi connectivity index (χ2n) is 6.08. The SMILES string of the molecule is CC(C)(C)CCS(=O)(=O)NCC(=O)N1CCNCC1. The van der Waals surface area contributed by atoms with Gasteiger partial charge >= 0.3 is 0 Å². The predicted octanol–water partition coefficient (Wildman–Crippen LogP) is -0.226. The molecule has 112 valence electrons. The Morgan fingerprint density at radius 2 is 1.84 bits per heavy atom. The third-order valence-corrected chi connectivity index (χ3v) is 4.36. The molecule has 1 amide bonds. The highest BCUT2D eigenvalue weighted by Crippen LogP contribution is 2.18. The van der Waals surface area contributed by atoms with Gasteiger partial charge in [0.15, 0.2) is 0 Å². The minimum atomic E-state index is -3.36. The van der Waals surface area contributed by atoms with Gasteiger partial charge in [0.1, 0.15) is 0 Å². The quantitative estimate of drug-likeness (QED) is 0.734. The summed E-state index contributed by atoms with van der Waals surface area (Å²) in [6.07, 6.45) is 0.574. The van der Waals surface area contributed by atoms with Crippen molar-refractivity contribution >= 4 is 15.9 Å². The van der Waals surface area contributed by atoms with Gasteiger partial charge in [-0.05, 0) is 11.8 Å². The van der Waals surface area contributed by atoms with Crippen molar-refractivity contribution < 1.29 is 13.2 Å². The fourth-order valence-corrected chi connectivity index (χ4v) is 3.08. The van der Waals surface area contributed by atoms with Crippen molar-refractivity contribution in [2.75, 3.05) is 38.5 Å². The van der Waals surface area contributed by atoms with Crippen LogP contribution < -0.4 is 10.0 Å². The highest BCUT2D eigenvalue weighted by Gasteiger charge is 2.20. The molecule has 2 N–H and O–H groups in total. The van der Waals surface area contributed by atoms with Crippen LogP contribution in [0.1, 0.15) is 27.2 Å². The summed E-state index contributed by atoms with van der Waals surface area (Å²) in [5.41, 5.74) is -0.0305. The second-order valence-corrected chi connectivity index (χ2v) is 8.01. The number of sulfonamides is 1. The molecule has 0 aromatic carbocycles. The molecule has 0 aromatic rings. The molecular weight excluding hydrogens is 266 g/mol. The van der Waals surface area contributed by atoms with Crippen molar-refractivity contribution in [1.82, 2.24) is 14.9 Å². The Balaban J connectivity index is 2.35. The van der Waals surface area contributed by atoms with Crippen molar-refractivity contribution in [2.45, 2.75) is 27.2 Å². The van der Waals surface area contributed by atoms with E-state index in [4.69, 9.17) is 0 Å². The lowest BCUT2D eigenvalue weighted by atomic mass is 9.94. The molecule has 0 aromatic heterocycles. The maximum Gasteiger partial charge on any atom is 0.237 e. The summed E-state index contributed by atoms with van der Waals surface area (Å²) >= 11 is 0. The van der Waals surface area contributed by atoms with Crippen LogP contribution in [0.3, 0.4) is 0 Å². The highest BCUT2D eigenvalue weighted by atomic mass is 32.2. The van der Waals surface area contributed by atoms with Crippen LogP contribution >= 0.6 is 0 Å². The highest BCUT2D eigenvalue weighted by molar-refractivity contribution is 7.89. The summed E-state index contributed by atoms with van der Waals surface area (Å²) in [6.45, 7) is 8.67. The summed E-state index contributed by atoms with van der Waals surface area (Å²) in [5.74, 6) is -0.0912. The van der Waals surface area contributed by atoms with E-state index in [1.54, 1.807) is 4.90 Å². The number of nitrogens with one attached hydrogen (secondary N) is 2. The number of carbonyl (C=O) groups excluding carboxylic acids is 1. The molecule has 0 aliphatic carbocycles. The van der Waals surface area contributed by atoms with Gasteiger partial charge in [0.2, 0.25) is 15.9 Å². The van der Waals surface area contributed by atoms with Gasteiger partial charge in [-0.3, -0.25) is 4.79 Å². The largest absolute Gasteiger partial charge is 0.339 e. The normalized spacial score (nSPS) is 17.5. The van der Waals surface area contributed by atoms with Crippen LogP contribution in [0.5, 0.6) is 0 Å². The van der Waals surface area contributed by atoms with E-state index in [0.29, 0.717) is 19.5 Å². The van der Waals surface area contributed by atoms with Gasteiger partial charge in [-0.15, -0.1) is 0 Å². The van der Waals surface area contributed by atoms with Gasteiger partial charge in [0, 0.05) is 26.2 Å². The van der Waals surface area contributed by atoms with Crippen LogP contribution in [0.4, 0.5) is 0 Å². The minimum absolute atomic E-state index is 0.0305.